The maximum absolute atomic E-state index is 10.6. The van der Waals surface area contributed by atoms with E-state index in [0.29, 0.717) is 5.88 Å². The number of aromatic nitrogens is 5. The monoisotopic (exact) mass is 461 g/mol. The van der Waals surface area contributed by atoms with E-state index in [9.17, 15) is 13.2 Å². The summed E-state index contributed by atoms with van der Waals surface area (Å²) in [5.74, 6) is -0.680. The topological polar surface area (TPSA) is 131 Å². The Morgan fingerprint density at radius 3 is 2.36 bits per heavy atom. The summed E-state index contributed by atoms with van der Waals surface area (Å²) in [5.41, 5.74) is 3.53. The zero-order valence-electron chi connectivity index (χ0n) is 17.3. The number of nitrogens with zero attached hydrogens (tertiary/aromatic N) is 5. The number of aliphatic carboxylic acids is 1. The molecule has 33 heavy (non-hydrogen) atoms. The number of carboxylic acid groups (broad SMARTS) is 1. The van der Waals surface area contributed by atoms with E-state index < -0.39 is 12.1 Å². The van der Waals surface area contributed by atoms with Crippen LogP contribution in [0.15, 0.2) is 59.5 Å². The van der Waals surface area contributed by atoms with Gasteiger partial charge in [-0.1, -0.05) is 5.16 Å². The average molecular weight is 461 g/mol. The van der Waals surface area contributed by atoms with Crippen LogP contribution in [0, 0.1) is 6.92 Å². The molecule has 0 spiro atoms. The van der Waals surface area contributed by atoms with Crippen molar-refractivity contribution in [3.05, 3.63) is 60.8 Å². The van der Waals surface area contributed by atoms with Crippen LogP contribution in [-0.2, 0) is 4.79 Å². The van der Waals surface area contributed by atoms with Gasteiger partial charge in [0, 0.05) is 30.6 Å². The van der Waals surface area contributed by atoms with E-state index in [0.717, 1.165) is 34.3 Å². The van der Waals surface area contributed by atoms with Gasteiger partial charge in [-0.15, -0.1) is 0 Å². The van der Waals surface area contributed by atoms with E-state index in [-0.39, 0.29) is 0 Å². The first-order chi connectivity index (χ1) is 15.7. The molecule has 0 radical (unpaired) electrons. The van der Waals surface area contributed by atoms with Crippen LogP contribution < -0.4 is 10.6 Å². The number of carbonyl (C=O) groups is 1. The molecule has 4 aromatic rings. The third-order valence-electron chi connectivity index (χ3n) is 4.07. The van der Waals surface area contributed by atoms with Gasteiger partial charge in [-0.3, -0.25) is 0 Å². The molecule has 1 aromatic carbocycles. The summed E-state index contributed by atoms with van der Waals surface area (Å²) in [4.78, 5) is 17.4. The number of rotatable bonds is 5. The number of hydrogen-bond acceptors (Lipinski definition) is 8. The highest BCUT2D eigenvalue weighted by Gasteiger charge is 2.38. The molecule has 172 valence electrons. The van der Waals surface area contributed by atoms with Gasteiger partial charge in [0.05, 0.1) is 5.69 Å². The summed E-state index contributed by atoms with van der Waals surface area (Å²) in [5, 5.41) is 21.7. The third kappa shape index (κ3) is 6.29. The molecule has 0 bridgehead atoms. The summed E-state index contributed by atoms with van der Waals surface area (Å²) in [6.07, 6.45) is -1.65. The molecule has 0 amide bonds. The largest absolute Gasteiger partial charge is 0.490 e. The van der Waals surface area contributed by atoms with Crippen LogP contribution >= 0.6 is 0 Å². The van der Waals surface area contributed by atoms with Crippen molar-refractivity contribution < 1.29 is 27.6 Å². The van der Waals surface area contributed by atoms with Crippen LogP contribution in [-0.4, -0.2) is 49.2 Å². The fraction of sp³-hybridized carbons (Fsp3) is 0.150. The Morgan fingerprint density at radius 2 is 1.82 bits per heavy atom. The zero-order valence-corrected chi connectivity index (χ0v) is 17.3. The smallest absolute Gasteiger partial charge is 0.475 e. The minimum absolute atomic E-state index is 0.616. The molecule has 4 rings (SSSR count). The first kappa shape index (κ1) is 23.2. The normalized spacial score (nSPS) is 10.8. The van der Waals surface area contributed by atoms with Crippen molar-refractivity contribution >= 4 is 23.4 Å². The van der Waals surface area contributed by atoms with E-state index >= 15 is 0 Å². The molecule has 3 aromatic heterocycles. The second-order valence-electron chi connectivity index (χ2n) is 6.47. The lowest BCUT2D eigenvalue weighted by Crippen LogP contribution is -2.21. The van der Waals surface area contributed by atoms with Crippen molar-refractivity contribution in [2.75, 3.05) is 17.7 Å². The van der Waals surface area contributed by atoms with Crippen LogP contribution in [0.4, 0.5) is 30.6 Å². The first-order valence-electron chi connectivity index (χ1n) is 9.32. The number of anilines is 3. The predicted octanol–water partition coefficient (Wildman–Crippen LogP) is 4.04. The Bertz CT molecular complexity index is 1220. The van der Waals surface area contributed by atoms with Gasteiger partial charge < -0.3 is 20.3 Å². The highest BCUT2D eigenvalue weighted by Crippen LogP contribution is 2.24. The molecule has 0 fully saturated rings. The molecule has 0 unspecified atom stereocenters. The van der Waals surface area contributed by atoms with Gasteiger partial charge in [-0.2, -0.15) is 18.3 Å². The Morgan fingerprint density at radius 1 is 1.12 bits per heavy atom. The van der Waals surface area contributed by atoms with Gasteiger partial charge in [-0.05, 0) is 43.3 Å². The number of carboxylic acids is 1. The Labute approximate surface area is 185 Å². The Hall–Kier alpha value is -4.42. The second kappa shape index (κ2) is 9.80. The van der Waals surface area contributed by atoms with Gasteiger partial charge in [0.1, 0.15) is 23.7 Å². The summed E-state index contributed by atoms with van der Waals surface area (Å²) in [6.45, 7) is 1.86. The molecule has 13 heteroatoms. The van der Waals surface area contributed by atoms with Crippen LogP contribution in [0.5, 0.6) is 0 Å². The molecule has 0 aliphatic carbocycles. The quantitative estimate of drug-likeness (QED) is 0.403. The molecule has 3 N–H and O–H groups in total. The predicted molar refractivity (Wildman–Crippen MR) is 112 cm³/mol. The third-order valence-corrected chi connectivity index (χ3v) is 4.07. The molecule has 0 saturated heterocycles. The number of pyridine rings is 1. The molecule has 0 saturated carbocycles. The lowest BCUT2D eigenvalue weighted by atomic mass is 10.2. The summed E-state index contributed by atoms with van der Waals surface area (Å²) in [6, 6.07) is 13.5. The molecule has 10 nitrogen and oxygen atoms in total. The van der Waals surface area contributed by atoms with E-state index in [2.05, 4.69) is 30.9 Å². The number of halogens is 3. The van der Waals surface area contributed by atoms with Gasteiger partial charge in [0.2, 0.25) is 5.88 Å². The lowest BCUT2D eigenvalue weighted by molar-refractivity contribution is -0.192. The maximum Gasteiger partial charge on any atom is 0.490 e. The maximum atomic E-state index is 10.6. The first-order valence-corrected chi connectivity index (χ1v) is 9.32. The van der Waals surface area contributed by atoms with E-state index in [1.165, 1.54) is 0 Å². The molecular formula is C20H18F3N7O3. The standard InChI is InChI=1S/C18H17N7O.C2HF3O2/c1-12-21-11-25(23-12)15-5-3-14(4-6-15)22-17-9-13(7-8-20-17)16-10-18(19-2)26-24-16;3-2(4,5)1(6)7/h3-11,19H,1-2H3,(H,20,22);(H,6,7). The van der Waals surface area contributed by atoms with Crippen molar-refractivity contribution in [3.63, 3.8) is 0 Å². The highest BCUT2D eigenvalue weighted by atomic mass is 19.4. The van der Waals surface area contributed by atoms with E-state index in [1.807, 2.05) is 49.4 Å². The van der Waals surface area contributed by atoms with Crippen molar-refractivity contribution in [2.24, 2.45) is 0 Å². The minimum Gasteiger partial charge on any atom is -0.475 e. The van der Waals surface area contributed by atoms with E-state index in [4.69, 9.17) is 14.4 Å². The number of hydrogen-bond donors (Lipinski definition) is 3. The number of nitrogens with one attached hydrogen (secondary N) is 2. The van der Waals surface area contributed by atoms with Crippen LogP contribution in [0.25, 0.3) is 16.9 Å². The van der Waals surface area contributed by atoms with Crippen molar-refractivity contribution in [1.29, 1.82) is 0 Å². The Balaban J connectivity index is 0.000000383. The van der Waals surface area contributed by atoms with Gasteiger partial charge >= 0.3 is 12.1 Å². The van der Waals surface area contributed by atoms with Gasteiger partial charge in [0.25, 0.3) is 0 Å². The Kier molecular flexibility index (Phi) is 6.91. The summed E-state index contributed by atoms with van der Waals surface area (Å²) >= 11 is 0. The average Bonchev–Trinajstić information content (AvgIpc) is 3.43. The van der Waals surface area contributed by atoms with E-state index in [1.54, 1.807) is 24.3 Å². The SMILES string of the molecule is CNc1cc(-c2ccnc(Nc3ccc(-n4cnc(C)n4)cc3)c2)no1.O=C(O)C(F)(F)F. The van der Waals surface area contributed by atoms with Gasteiger partial charge in [0.15, 0.2) is 0 Å². The van der Waals surface area contributed by atoms with Crippen LogP contribution in [0.3, 0.4) is 0 Å². The van der Waals surface area contributed by atoms with Gasteiger partial charge in [-0.25, -0.2) is 19.4 Å². The highest BCUT2D eigenvalue weighted by molar-refractivity contribution is 5.73. The fourth-order valence-corrected chi connectivity index (χ4v) is 2.50. The summed E-state index contributed by atoms with van der Waals surface area (Å²) in [7, 11) is 1.79. The molecule has 0 aliphatic heterocycles. The molecule has 0 atom stereocenters. The molecule has 3 heterocycles. The number of aryl methyl sites for hydroxylation is 1. The zero-order chi connectivity index (χ0) is 24.0. The van der Waals surface area contributed by atoms with Crippen molar-refractivity contribution in [2.45, 2.75) is 13.1 Å². The second-order valence-corrected chi connectivity index (χ2v) is 6.47. The molecular weight excluding hydrogens is 443 g/mol. The lowest BCUT2D eigenvalue weighted by Gasteiger charge is -2.07. The summed E-state index contributed by atoms with van der Waals surface area (Å²) < 4.78 is 38.6. The minimum atomic E-state index is -5.08. The van der Waals surface area contributed by atoms with Crippen molar-refractivity contribution in [3.8, 4) is 16.9 Å². The van der Waals surface area contributed by atoms with Crippen molar-refractivity contribution in [1.82, 2.24) is 24.9 Å². The number of benzene rings is 1. The number of alkyl halides is 3. The van der Waals surface area contributed by atoms with Crippen LogP contribution in [0.2, 0.25) is 0 Å². The molecule has 0 aliphatic rings. The fourth-order valence-electron chi connectivity index (χ4n) is 2.50. The van der Waals surface area contributed by atoms with Crippen LogP contribution in [0.1, 0.15) is 5.82 Å².